The molecule has 0 saturated carbocycles. The molecule has 0 aliphatic carbocycles. The number of carbonyl (C=O) groups is 4. The van der Waals surface area contributed by atoms with Gasteiger partial charge < -0.3 is 40.2 Å². The van der Waals surface area contributed by atoms with Crippen molar-refractivity contribution in [2.75, 3.05) is 46.0 Å². The van der Waals surface area contributed by atoms with Crippen LogP contribution in [0.25, 0.3) is 0 Å². The molecule has 1 atom stereocenters. The molecule has 0 spiro atoms. The minimum Gasteiger partial charge on any atom is -0.450 e. The van der Waals surface area contributed by atoms with Gasteiger partial charge in [-0.1, -0.05) is 84.5 Å². The average molecular weight is 677 g/mol. The fraction of sp³-hybridized carbons (Fsp3) is 0.882. The largest absolute Gasteiger partial charge is 0.450 e. The molecular weight excluding hydrogens is 611 g/mol. The monoisotopic (exact) mass is 676 g/mol. The van der Waals surface area contributed by atoms with Gasteiger partial charge in [-0.3, -0.25) is 0 Å². The van der Waals surface area contributed by atoms with Crippen LogP contribution in [0.15, 0.2) is 0 Å². The molecule has 12 nitrogen and oxygen atoms in total. The second-order valence-electron chi connectivity index (χ2n) is 11.7. The standard InChI is InChI=1S/C34H65FN4O8/c1-3-5-23-36-31(40)44-27-19-13-7-8-14-20-28-45-32(41)37-25-17-11-12-18-26-38-33(42)46-29-21-15-9-10-16-22-30(35)47-34(43)39-24-6-4-2/h30H,3-29H2,1-2H3,(H,36,40)(H,37,41)(H,38,42)(H,39,43). The molecule has 47 heavy (non-hydrogen) atoms. The van der Waals surface area contributed by atoms with Crippen molar-refractivity contribution >= 4 is 24.4 Å². The van der Waals surface area contributed by atoms with Crippen LogP contribution in [0.5, 0.6) is 0 Å². The first-order chi connectivity index (χ1) is 22.9. The van der Waals surface area contributed by atoms with Crippen molar-refractivity contribution in [2.24, 2.45) is 0 Å². The Hall–Kier alpha value is -2.99. The molecule has 0 aromatic heterocycles. The molecule has 276 valence electrons. The molecular formula is C34H65FN4O8. The van der Waals surface area contributed by atoms with Crippen LogP contribution in [-0.4, -0.2) is 76.7 Å². The molecule has 0 aromatic rings. The van der Waals surface area contributed by atoms with Crippen LogP contribution in [0.4, 0.5) is 23.6 Å². The van der Waals surface area contributed by atoms with Crippen molar-refractivity contribution in [1.82, 2.24) is 21.3 Å². The van der Waals surface area contributed by atoms with E-state index in [-0.39, 0.29) is 18.6 Å². The SMILES string of the molecule is CCCCNC(=O)OCCCCCCCCOC(=O)NCCCCCCNC(=O)OCCCCCCCC(F)OC(=O)NCCCC. The Kier molecular flexibility index (Phi) is 32.2. The van der Waals surface area contributed by atoms with Gasteiger partial charge in [0.1, 0.15) is 0 Å². The Morgan fingerprint density at radius 1 is 0.447 bits per heavy atom. The van der Waals surface area contributed by atoms with Gasteiger partial charge in [0.05, 0.1) is 19.8 Å². The maximum atomic E-state index is 13.7. The number of ether oxygens (including phenoxy) is 4. The van der Waals surface area contributed by atoms with E-state index in [1.165, 1.54) is 0 Å². The van der Waals surface area contributed by atoms with E-state index in [9.17, 15) is 23.6 Å². The number of unbranched alkanes of at least 4 members (excludes halogenated alkanes) is 14. The second kappa shape index (κ2) is 34.3. The van der Waals surface area contributed by atoms with E-state index >= 15 is 0 Å². The molecule has 0 fully saturated rings. The van der Waals surface area contributed by atoms with Crippen molar-refractivity contribution in [3.8, 4) is 0 Å². The topological polar surface area (TPSA) is 153 Å². The molecule has 13 heteroatoms. The maximum Gasteiger partial charge on any atom is 0.409 e. The minimum absolute atomic E-state index is 0.187. The molecule has 0 heterocycles. The third kappa shape index (κ3) is 34.2. The Morgan fingerprint density at radius 2 is 0.766 bits per heavy atom. The van der Waals surface area contributed by atoms with E-state index in [1.807, 2.05) is 6.92 Å². The number of hydrogen-bond donors (Lipinski definition) is 4. The molecule has 4 N–H and O–H groups in total. The van der Waals surface area contributed by atoms with Crippen molar-refractivity contribution < 1.29 is 42.5 Å². The van der Waals surface area contributed by atoms with Gasteiger partial charge in [0.25, 0.3) is 0 Å². The Bertz CT molecular complexity index is 778. The van der Waals surface area contributed by atoms with E-state index in [1.54, 1.807) is 0 Å². The lowest BCUT2D eigenvalue weighted by Crippen LogP contribution is -2.28. The van der Waals surface area contributed by atoms with Crippen molar-refractivity contribution in [3.63, 3.8) is 0 Å². The maximum absolute atomic E-state index is 13.7. The first kappa shape index (κ1) is 44.0. The van der Waals surface area contributed by atoms with Gasteiger partial charge in [-0.2, -0.15) is 0 Å². The van der Waals surface area contributed by atoms with Crippen LogP contribution < -0.4 is 21.3 Å². The fourth-order valence-corrected chi connectivity index (χ4v) is 4.43. The summed E-state index contributed by atoms with van der Waals surface area (Å²) in [5.74, 6) is 0. The highest BCUT2D eigenvalue weighted by Gasteiger charge is 2.12. The van der Waals surface area contributed by atoms with Crippen LogP contribution in [0, 0.1) is 0 Å². The highest BCUT2D eigenvalue weighted by molar-refractivity contribution is 5.68. The summed E-state index contributed by atoms with van der Waals surface area (Å²) < 4.78 is 33.9. The minimum atomic E-state index is -1.58. The van der Waals surface area contributed by atoms with Gasteiger partial charge in [0.15, 0.2) is 0 Å². The summed E-state index contributed by atoms with van der Waals surface area (Å²) >= 11 is 0. The summed E-state index contributed by atoms with van der Waals surface area (Å²) in [5.41, 5.74) is 0. The zero-order valence-corrected chi connectivity index (χ0v) is 29.3. The number of hydrogen-bond acceptors (Lipinski definition) is 8. The van der Waals surface area contributed by atoms with E-state index in [0.29, 0.717) is 52.4 Å². The molecule has 0 rings (SSSR count). The number of amides is 4. The van der Waals surface area contributed by atoms with Gasteiger partial charge in [-0.05, 0) is 51.4 Å². The highest BCUT2D eigenvalue weighted by Crippen LogP contribution is 2.11. The van der Waals surface area contributed by atoms with Crippen LogP contribution in [0.3, 0.4) is 0 Å². The number of nitrogens with one attached hydrogen (secondary N) is 4. The van der Waals surface area contributed by atoms with E-state index in [2.05, 4.69) is 32.9 Å². The van der Waals surface area contributed by atoms with E-state index in [4.69, 9.17) is 14.2 Å². The zero-order valence-electron chi connectivity index (χ0n) is 29.3. The quantitative estimate of drug-likeness (QED) is 0.0425. The molecule has 0 aliphatic heterocycles. The normalized spacial score (nSPS) is 11.3. The lowest BCUT2D eigenvalue weighted by molar-refractivity contribution is 0.00694. The predicted molar refractivity (Wildman–Crippen MR) is 181 cm³/mol. The van der Waals surface area contributed by atoms with Crippen LogP contribution >= 0.6 is 0 Å². The molecule has 0 radical (unpaired) electrons. The zero-order chi connectivity index (χ0) is 34.6. The molecule has 0 saturated heterocycles. The summed E-state index contributed by atoms with van der Waals surface area (Å²) in [6.07, 6.45) is 13.9. The summed E-state index contributed by atoms with van der Waals surface area (Å²) in [6, 6.07) is 0. The average Bonchev–Trinajstić information content (AvgIpc) is 3.04. The highest BCUT2D eigenvalue weighted by atomic mass is 19.1. The van der Waals surface area contributed by atoms with Gasteiger partial charge in [0, 0.05) is 32.6 Å². The summed E-state index contributed by atoms with van der Waals surface area (Å²) in [7, 11) is 0. The number of halogens is 1. The van der Waals surface area contributed by atoms with Crippen molar-refractivity contribution in [2.45, 2.75) is 149 Å². The molecule has 1 unspecified atom stereocenters. The fourth-order valence-electron chi connectivity index (χ4n) is 4.43. The number of carbonyl (C=O) groups excluding carboxylic acids is 4. The van der Waals surface area contributed by atoms with Crippen molar-refractivity contribution in [3.05, 3.63) is 0 Å². The van der Waals surface area contributed by atoms with Gasteiger partial charge in [-0.15, -0.1) is 0 Å². The second-order valence-corrected chi connectivity index (χ2v) is 11.7. The summed E-state index contributed by atoms with van der Waals surface area (Å²) in [6.45, 7) is 7.54. The van der Waals surface area contributed by atoms with Gasteiger partial charge in [-0.25, -0.2) is 23.6 Å². The number of alkyl halides is 1. The Labute approximate surface area is 282 Å². The third-order valence-corrected chi connectivity index (χ3v) is 7.29. The van der Waals surface area contributed by atoms with Gasteiger partial charge >= 0.3 is 24.4 Å². The van der Waals surface area contributed by atoms with Crippen LogP contribution in [-0.2, 0) is 18.9 Å². The Balaban J connectivity index is 3.37. The lowest BCUT2D eigenvalue weighted by atomic mass is 10.1. The van der Waals surface area contributed by atoms with E-state index < -0.39 is 18.5 Å². The predicted octanol–water partition coefficient (Wildman–Crippen LogP) is 8.03. The summed E-state index contributed by atoms with van der Waals surface area (Å²) in [5, 5.41) is 10.8. The lowest BCUT2D eigenvalue weighted by Gasteiger charge is -2.11. The molecule has 0 aromatic carbocycles. The van der Waals surface area contributed by atoms with Gasteiger partial charge in [0.2, 0.25) is 6.36 Å². The molecule has 0 bridgehead atoms. The molecule has 0 aliphatic rings. The van der Waals surface area contributed by atoms with Crippen LogP contribution in [0.2, 0.25) is 0 Å². The first-order valence-corrected chi connectivity index (χ1v) is 18.2. The Morgan fingerprint density at radius 3 is 1.17 bits per heavy atom. The smallest absolute Gasteiger partial charge is 0.409 e. The first-order valence-electron chi connectivity index (χ1n) is 18.2. The van der Waals surface area contributed by atoms with Crippen molar-refractivity contribution in [1.29, 1.82) is 0 Å². The van der Waals surface area contributed by atoms with E-state index in [0.717, 1.165) is 116 Å². The number of alkyl carbamates (subject to hydrolysis) is 4. The number of rotatable bonds is 31. The summed E-state index contributed by atoms with van der Waals surface area (Å²) in [4.78, 5) is 46.4. The third-order valence-electron chi connectivity index (χ3n) is 7.29. The van der Waals surface area contributed by atoms with Crippen LogP contribution in [0.1, 0.15) is 142 Å². The molecule has 4 amide bonds.